The lowest BCUT2D eigenvalue weighted by Crippen LogP contribution is -2.00. The number of nitriles is 1. The number of aryl methyl sites for hydroxylation is 1. The van der Waals surface area contributed by atoms with E-state index in [-0.39, 0.29) is 23.7 Å². The predicted octanol–water partition coefficient (Wildman–Crippen LogP) is 2.75. The predicted molar refractivity (Wildman–Crippen MR) is 71.1 cm³/mol. The van der Waals surface area contributed by atoms with Crippen molar-refractivity contribution in [1.29, 1.82) is 5.26 Å². The Kier molecular flexibility index (Phi) is 3.91. The molecule has 0 fully saturated rings. The van der Waals surface area contributed by atoms with Crippen LogP contribution in [0.5, 0.6) is 5.75 Å². The third kappa shape index (κ3) is 3.09. The molecule has 0 aliphatic carbocycles. The number of ether oxygens (including phenoxy) is 1. The van der Waals surface area contributed by atoms with Gasteiger partial charge in [0.05, 0.1) is 4.92 Å². The van der Waals surface area contributed by atoms with Crippen molar-refractivity contribution in [2.24, 2.45) is 0 Å². The molecule has 0 saturated heterocycles. The number of pyridine rings is 1. The second kappa shape index (κ2) is 5.80. The van der Waals surface area contributed by atoms with E-state index in [1.165, 1.54) is 12.3 Å². The Morgan fingerprint density at radius 3 is 2.90 bits per heavy atom. The summed E-state index contributed by atoms with van der Waals surface area (Å²) in [5.74, 6) is 0.205. The van der Waals surface area contributed by atoms with E-state index in [2.05, 4.69) is 4.98 Å². The highest BCUT2D eigenvalue weighted by Crippen LogP contribution is 2.28. The Hall–Kier alpha value is -2.94. The van der Waals surface area contributed by atoms with Gasteiger partial charge in [-0.2, -0.15) is 5.26 Å². The highest BCUT2D eigenvalue weighted by molar-refractivity contribution is 5.48. The standard InChI is InChI=1S/C14H11N3O3/c1-10-2-3-14(13(6-10)17(18)19)20-9-11-4-5-16-12(7-11)8-15/h2-7H,9H2,1H3. The van der Waals surface area contributed by atoms with Gasteiger partial charge in [-0.05, 0) is 36.2 Å². The first-order chi connectivity index (χ1) is 9.60. The van der Waals surface area contributed by atoms with Gasteiger partial charge in [0.1, 0.15) is 18.4 Å². The average molecular weight is 269 g/mol. The minimum absolute atomic E-state index is 0.0698. The first-order valence-corrected chi connectivity index (χ1v) is 5.83. The maximum atomic E-state index is 11.0. The zero-order chi connectivity index (χ0) is 14.5. The number of nitrogens with zero attached hydrogens (tertiary/aromatic N) is 3. The van der Waals surface area contributed by atoms with Crippen LogP contribution in [0, 0.1) is 28.4 Å². The van der Waals surface area contributed by atoms with Crippen LogP contribution < -0.4 is 4.74 Å². The quantitative estimate of drug-likeness (QED) is 0.628. The minimum Gasteiger partial charge on any atom is -0.482 e. The van der Waals surface area contributed by atoms with Gasteiger partial charge in [-0.15, -0.1) is 0 Å². The van der Waals surface area contributed by atoms with Crippen LogP contribution in [0.3, 0.4) is 0 Å². The van der Waals surface area contributed by atoms with Crippen molar-refractivity contribution in [3.8, 4) is 11.8 Å². The minimum atomic E-state index is -0.477. The van der Waals surface area contributed by atoms with Gasteiger partial charge >= 0.3 is 5.69 Å². The molecule has 6 nitrogen and oxygen atoms in total. The number of nitro benzene ring substituents is 1. The van der Waals surface area contributed by atoms with E-state index in [0.717, 1.165) is 11.1 Å². The molecule has 1 heterocycles. The summed E-state index contributed by atoms with van der Waals surface area (Å²) in [7, 11) is 0. The van der Waals surface area contributed by atoms with E-state index in [1.54, 1.807) is 31.2 Å². The Bertz CT molecular complexity index is 692. The number of hydrogen-bond acceptors (Lipinski definition) is 5. The Morgan fingerprint density at radius 2 is 2.20 bits per heavy atom. The van der Waals surface area contributed by atoms with Gasteiger partial charge in [0.15, 0.2) is 5.75 Å². The van der Waals surface area contributed by atoms with Gasteiger partial charge in [0, 0.05) is 12.3 Å². The number of hydrogen-bond donors (Lipinski definition) is 0. The Labute approximate surface area is 115 Å². The Morgan fingerprint density at radius 1 is 1.40 bits per heavy atom. The Balaban J connectivity index is 2.19. The molecule has 0 aliphatic rings. The lowest BCUT2D eigenvalue weighted by molar-refractivity contribution is -0.386. The number of benzene rings is 1. The van der Waals surface area contributed by atoms with Gasteiger partial charge in [-0.1, -0.05) is 6.07 Å². The molecule has 0 radical (unpaired) electrons. The summed E-state index contributed by atoms with van der Waals surface area (Å²) in [6.07, 6.45) is 1.50. The molecule has 0 atom stereocenters. The number of nitro groups is 1. The molecule has 0 aliphatic heterocycles. The van der Waals surface area contributed by atoms with Crippen molar-refractivity contribution in [1.82, 2.24) is 4.98 Å². The fourth-order valence-corrected chi connectivity index (χ4v) is 1.68. The first-order valence-electron chi connectivity index (χ1n) is 5.83. The van der Waals surface area contributed by atoms with E-state index < -0.39 is 4.92 Å². The zero-order valence-corrected chi connectivity index (χ0v) is 10.7. The van der Waals surface area contributed by atoms with Gasteiger partial charge in [-0.25, -0.2) is 4.98 Å². The van der Waals surface area contributed by atoms with Crippen LogP contribution in [0.1, 0.15) is 16.8 Å². The van der Waals surface area contributed by atoms with Crippen molar-refractivity contribution in [3.63, 3.8) is 0 Å². The molecule has 0 bridgehead atoms. The third-order valence-electron chi connectivity index (χ3n) is 2.64. The van der Waals surface area contributed by atoms with Crippen molar-refractivity contribution >= 4 is 5.69 Å². The summed E-state index contributed by atoms with van der Waals surface area (Å²) in [6.45, 7) is 1.92. The molecule has 0 spiro atoms. The fraction of sp³-hybridized carbons (Fsp3) is 0.143. The molecule has 6 heteroatoms. The van der Waals surface area contributed by atoms with Crippen LogP contribution in [0.15, 0.2) is 36.5 Å². The molecule has 0 N–H and O–H groups in total. The monoisotopic (exact) mass is 269 g/mol. The molecule has 1 aromatic heterocycles. The summed E-state index contributed by atoms with van der Waals surface area (Å²) >= 11 is 0. The SMILES string of the molecule is Cc1ccc(OCc2ccnc(C#N)c2)c([N+](=O)[O-])c1. The second-order valence-electron chi connectivity index (χ2n) is 4.18. The summed E-state index contributed by atoms with van der Waals surface area (Å²) in [4.78, 5) is 14.3. The highest BCUT2D eigenvalue weighted by Gasteiger charge is 2.15. The maximum absolute atomic E-state index is 11.0. The maximum Gasteiger partial charge on any atom is 0.311 e. The molecule has 0 saturated carbocycles. The van der Waals surface area contributed by atoms with Crippen molar-refractivity contribution < 1.29 is 9.66 Å². The molecule has 100 valence electrons. The van der Waals surface area contributed by atoms with E-state index in [1.807, 2.05) is 6.07 Å². The average Bonchev–Trinajstić information content (AvgIpc) is 2.46. The molecule has 2 rings (SSSR count). The van der Waals surface area contributed by atoms with Gasteiger partial charge in [0.25, 0.3) is 0 Å². The normalized spacial score (nSPS) is 9.80. The van der Waals surface area contributed by atoms with E-state index in [4.69, 9.17) is 10.00 Å². The molecule has 1 aromatic carbocycles. The molecule has 0 amide bonds. The van der Waals surface area contributed by atoms with E-state index in [9.17, 15) is 10.1 Å². The summed E-state index contributed by atoms with van der Waals surface area (Å²) in [5, 5.41) is 19.7. The molecule has 20 heavy (non-hydrogen) atoms. The number of rotatable bonds is 4. The van der Waals surface area contributed by atoms with Crippen LogP contribution in [-0.2, 0) is 6.61 Å². The molecular weight excluding hydrogens is 258 g/mol. The van der Waals surface area contributed by atoms with Crippen molar-refractivity contribution in [2.45, 2.75) is 13.5 Å². The first kappa shape index (κ1) is 13.5. The lowest BCUT2D eigenvalue weighted by Gasteiger charge is -2.07. The highest BCUT2D eigenvalue weighted by atomic mass is 16.6. The van der Waals surface area contributed by atoms with Crippen LogP contribution >= 0.6 is 0 Å². The van der Waals surface area contributed by atoms with Gasteiger partial charge in [0.2, 0.25) is 0 Å². The van der Waals surface area contributed by atoms with Gasteiger partial charge in [-0.3, -0.25) is 10.1 Å². The van der Waals surface area contributed by atoms with E-state index in [0.29, 0.717) is 0 Å². The van der Waals surface area contributed by atoms with Gasteiger partial charge < -0.3 is 4.74 Å². The zero-order valence-electron chi connectivity index (χ0n) is 10.7. The van der Waals surface area contributed by atoms with E-state index >= 15 is 0 Å². The van der Waals surface area contributed by atoms with Crippen LogP contribution in [0.4, 0.5) is 5.69 Å². The molecular formula is C14H11N3O3. The fourth-order valence-electron chi connectivity index (χ4n) is 1.68. The second-order valence-corrected chi connectivity index (χ2v) is 4.18. The largest absolute Gasteiger partial charge is 0.482 e. The summed E-state index contributed by atoms with van der Waals surface area (Å²) in [5.41, 5.74) is 1.73. The molecule has 2 aromatic rings. The van der Waals surface area contributed by atoms with Crippen molar-refractivity contribution in [2.75, 3.05) is 0 Å². The third-order valence-corrected chi connectivity index (χ3v) is 2.64. The van der Waals surface area contributed by atoms with Crippen LogP contribution in [0.25, 0.3) is 0 Å². The van der Waals surface area contributed by atoms with Crippen LogP contribution in [0.2, 0.25) is 0 Å². The molecule has 0 unspecified atom stereocenters. The van der Waals surface area contributed by atoms with Crippen molar-refractivity contribution in [3.05, 3.63) is 63.5 Å². The summed E-state index contributed by atoms with van der Waals surface area (Å²) < 4.78 is 5.46. The number of aromatic nitrogens is 1. The lowest BCUT2D eigenvalue weighted by atomic mass is 10.2. The smallest absolute Gasteiger partial charge is 0.311 e. The van der Waals surface area contributed by atoms with Crippen LogP contribution in [-0.4, -0.2) is 9.91 Å². The summed E-state index contributed by atoms with van der Waals surface area (Å²) in [6, 6.07) is 9.98. The topological polar surface area (TPSA) is 89.0 Å².